The van der Waals surface area contributed by atoms with Crippen molar-refractivity contribution in [1.82, 2.24) is 14.7 Å². The lowest BCUT2D eigenvalue weighted by Gasteiger charge is -2.35. The third-order valence-electron chi connectivity index (χ3n) is 3.34. The summed E-state index contributed by atoms with van der Waals surface area (Å²) in [7, 11) is 0. The zero-order chi connectivity index (χ0) is 20.6. The van der Waals surface area contributed by atoms with Crippen LogP contribution in [0.25, 0.3) is 0 Å². The fourth-order valence-electron chi connectivity index (χ4n) is 2.36. The predicted molar refractivity (Wildman–Crippen MR) is 90.8 cm³/mol. The average Bonchev–Trinajstić information content (AvgIpc) is 2.86. The monoisotopic (exact) mass is 389 g/mol. The molecule has 0 spiro atoms. The largest absolute Gasteiger partial charge is 0.476 e. The Labute approximate surface area is 156 Å². The van der Waals surface area contributed by atoms with Gasteiger partial charge < -0.3 is 14.2 Å². The van der Waals surface area contributed by atoms with Gasteiger partial charge in [-0.25, -0.2) is 28.0 Å². The molecule has 0 aliphatic carbocycles. The maximum atomic E-state index is 12.8. The summed E-state index contributed by atoms with van der Waals surface area (Å²) in [6, 6.07) is 0.305. The van der Waals surface area contributed by atoms with E-state index in [0.717, 1.165) is 11.0 Å². The number of carbonyl (C=O) groups is 2. The summed E-state index contributed by atoms with van der Waals surface area (Å²) in [5.41, 5.74) is -2.12. The molecule has 1 aliphatic heterocycles. The third-order valence-corrected chi connectivity index (χ3v) is 3.34. The first kappa shape index (κ1) is 20.9. The molecule has 10 heteroatoms. The van der Waals surface area contributed by atoms with Crippen LogP contribution in [0.3, 0.4) is 0 Å². The molecule has 0 fully saturated rings. The van der Waals surface area contributed by atoms with Crippen molar-refractivity contribution in [2.75, 3.05) is 6.61 Å². The molecule has 0 radical (unpaired) electrons. The summed E-state index contributed by atoms with van der Waals surface area (Å²) >= 11 is 0. The Balaban J connectivity index is 2.27. The average molecular weight is 389 g/mol. The van der Waals surface area contributed by atoms with Crippen LogP contribution in [0.5, 0.6) is 5.88 Å². The number of ether oxygens (including phenoxy) is 3. The second kappa shape index (κ2) is 7.32. The first-order valence-corrected chi connectivity index (χ1v) is 8.51. The lowest BCUT2D eigenvalue weighted by Crippen LogP contribution is -2.53. The minimum Gasteiger partial charge on any atom is -0.476 e. The number of alkyl halides is 2. The van der Waals surface area contributed by atoms with Crippen LogP contribution in [-0.4, -0.2) is 50.7 Å². The molecule has 0 saturated heterocycles. The zero-order valence-corrected chi connectivity index (χ0v) is 16.3. The van der Waals surface area contributed by atoms with E-state index in [9.17, 15) is 18.4 Å². The van der Waals surface area contributed by atoms with Crippen molar-refractivity contribution in [3.63, 3.8) is 0 Å². The van der Waals surface area contributed by atoms with Gasteiger partial charge in [0.25, 0.3) is 6.43 Å². The maximum absolute atomic E-state index is 12.8. The Kier molecular flexibility index (Phi) is 5.67. The molecule has 1 aromatic rings. The van der Waals surface area contributed by atoms with E-state index in [1.165, 1.54) is 4.68 Å². The molecular formula is C17H25F2N3O5. The van der Waals surface area contributed by atoms with E-state index in [1.807, 2.05) is 0 Å². The highest BCUT2D eigenvalue weighted by Crippen LogP contribution is 2.27. The standard InChI is InChI=1S/C17H25F2N3O5/c1-16(2,3)26-14(23)22(15(24)27-17(4,5)6)10-8-21-12(25-9-10)7-11(20-21)13(18)19/h7,10,13H,8-9H2,1-6H3/t10-/m0/s1. The molecule has 0 aromatic carbocycles. The molecule has 2 heterocycles. The summed E-state index contributed by atoms with van der Waals surface area (Å²) in [4.78, 5) is 26.0. The van der Waals surface area contributed by atoms with Crippen LogP contribution in [0.4, 0.5) is 18.4 Å². The third kappa shape index (κ3) is 5.54. The van der Waals surface area contributed by atoms with E-state index in [4.69, 9.17) is 14.2 Å². The number of halogens is 2. The highest BCUT2D eigenvalue weighted by Gasteiger charge is 2.39. The lowest BCUT2D eigenvalue weighted by atomic mass is 10.2. The number of fused-ring (bicyclic) bond motifs is 1. The number of carbonyl (C=O) groups excluding carboxylic acids is 2. The quantitative estimate of drug-likeness (QED) is 0.766. The molecule has 2 amide bonds. The fraction of sp³-hybridized carbons (Fsp3) is 0.706. The molecule has 8 nitrogen and oxygen atoms in total. The van der Waals surface area contributed by atoms with Gasteiger partial charge in [0.15, 0.2) is 0 Å². The van der Waals surface area contributed by atoms with E-state index in [-0.39, 0.29) is 19.0 Å². The highest BCUT2D eigenvalue weighted by atomic mass is 19.3. The number of hydrogen-bond donors (Lipinski definition) is 0. The van der Waals surface area contributed by atoms with Gasteiger partial charge in [0.2, 0.25) is 5.88 Å². The van der Waals surface area contributed by atoms with Crippen molar-refractivity contribution in [3.05, 3.63) is 11.8 Å². The van der Waals surface area contributed by atoms with Crippen molar-refractivity contribution in [2.24, 2.45) is 0 Å². The number of amides is 2. The van der Waals surface area contributed by atoms with Gasteiger partial charge in [-0.05, 0) is 41.5 Å². The fourth-order valence-corrected chi connectivity index (χ4v) is 2.36. The van der Waals surface area contributed by atoms with Crippen LogP contribution in [-0.2, 0) is 16.0 Å². The van der Waals surface area contributed by atoms with E-state index in [2.05, 4.69) is 5.10 Å². The topological polar surface area (TPSA) is 82.9 Å². The van der Waals surface area contributed by atoms with Crippen LogP contribution in [0.15, 0.2) is 6.07 Å². The van der Waals surface area contributed by atoms with Crippen LogP contribution >= 0.6 is 0 Å². The second-order valence-electron chi connectivity index (χ2n) is 8.19. The van der Waals surface area contributed by atoms with Crippen molar-refractivity contribution < 1.29 is 32.6 Å². The minimum atomic E-state index is -2.75. The molecule has 1 atom stereocenters. The molecule has 152 valence electrons. The van der Waals surface area contributed by atoms with E-state index < -0.39 is 41.5 Å². The number of nitrogens with zero attached hydrogens (tertiary/aromatic N) is 3. The van der Waals surface area contributed by atoms with Gasteiger partial charge in [-0.15, -0.1) is 0 Å². The molecule has 0 unspecified atom stereocenters. The van der Waals surface area contributed by atoms with Gasteiger partial charge in [-0.1, -0.05) is 0 Å². The number of aromatic nitrogens is 2. The second-order valence-corrected chi connectivity index (χ2v) is 8.19. The van der Waals surface area contributed by atoms with Gasteiger partial charge in [-0.3, -0.25) is 0 Å². The van der Waals surface area contributed by atoms with Gasteiger partial charge in [0, 0.05) is 6.07 Å². The van der Waals surface area contributed by atoms with Crippen molar-refractivity contribution >= 4 is 12.2 Å². The molecule has 0 saturated carbocycles. The summed E-state index contributed by atoms with van der Waals surface area (Å²) in [6.07, 6.45) is -4.57. The number of imide groups is 1. The van der Waals surface area contributed by atoms with Gasteiger partial charge in [-0.2, -0.15) is 5.10 Å². The van der Waals surface area contributed by atoms with Gasteiger partial charge in [0.1, 0.15) is 29.5 Å². The molecule has 27 heavy (non-hydrogen) atoms. The van der Waals surface area contributed by atoms with E-state index in [1.54, 1.807) is 41.5 Å². The zero-order valence-electron chi connectivity index (χ0n) is 16.3. The Morgan fingerprint density at radius 1 is 1.19 bits per heavy atom. The van der Waals surface area contributed by atoms with Crippen molar-refractivity contribution in [2.45, 2.75) is 71.8 Å². The van der Waals surface area contributed by atoms with Crippen LogP contribution in [0, 0.1) is 0 Å². The van der Waals surface area contributed by atoms with Crippen molar-refractivity contribution in [3.8, 4) is 5.88 Å². The molecule has 1 aliphatic rings. The number of rotatable bonds is 2. The van der Waals surface area contributed by atoms with Crippen LogP contribution < -0.4 is 4.74 Å². The van der Waals surface area contributed by atoms with Crippen molar-refractivity contribution in [1.29, 1.82) is 0 Å². The van der Waals surface area contributed by atoms with Crippen LogP contribution in [0.2, 0.25) is 0 Å². The summed E-state index contributed by atoms with van der Waals surface area (Å²) in [5, 5.41) is 3.76. The molecule has 0 bridgehead atoms. The highest BCUT2D eigenvalue weighted by molar-refractivity contribution is 5.88. The molecule has 1 aromatic heterocycles. The Morgan fingerprint density at radius 2 is 1.70 bits per heavy atom. The molecule has 2 rings (SSSR count). The minimum absolute atomic E-state index is 0.0134. The van der Waals surface area contributed by atoms with E-state index >= 15 is 0 Å². The Hall–Kier alpha value is -2.39. The van der Waals surface area contributed by atoms with E-state index in [0.29, 0.717) is 0 Å². The molecular weight excluding hydrogens is 364 g/mol. The smallest absolute Gasteiger partial charge is 0.420 e. The SMILES string of the molecule is CC(C)(C)OC(=O)N(C(=O)OC(C)(C)C)[C@@H]1COc2cc(C(F)F)nn2C1. The number of hydrogen-bond acceptors (Lipinski definition) is 6. The van der Waals surface area contributed by atoms with Crippen LogP contribution in [0.1, 0.15) is 53.7 Å². The lowest BCUT2D eigenvalue weighted by molar-refractivity contribution is -0.0179. The summed E-state index contributed by atoms with van der Waals surface area (Å²) in [5.74, 6) is 0.148. The maximum Gasteiger partial charge on any atom is 0.420 e. The van der Waals surface area contributed by atoms with Gasteiger partial charge in [0.05, 0.1) is 6.54 Å². The first-order valence-electron chi connectivity index (χ1n) is 8.51. The normalized spacial score (nSPS) is 17.1. The Bertz CT molecular complexity index is 678. The van der Waals surface area contributed by atoms with Gasteiger partial charge >= 0.3 is 12.2 Å². The summed E-state index contributed by atoms with van der Waals surface area (Å²) in [6.45, 7) is 9.87. The Morgan fingerprint density at radius 3 is 2.15 bits per heavy atom. The predicted octanol–water partition coefficient (Wildman–Crippen LogP) is 3.75. The first-order chi connectivity index (χ1) is 12.3. The summed E-state index contributed by atoms with van der Waals surface area (Å²) < 4.78 is 42.9. The molecule has 0 N–H and O–H groups in total.